The zero-order valence-corrected chi connectivity index (χ0v) is 12.3. The highest BCUT2D eigenvalue weighted by molar-refractivity contribution is 7.19. The summed E-state index contributed by atoms with van der Waals surface area (Å²) in [6, 6.07) is 15.3. The first-order valence-corrected chi connectivity index (χ1v) is 7.34. The summed E-state index contributed by atoms with van der Waals surface area (Å²) < 4.78 is 6.34. The largest absolute Gasteiger partial charge is 0.423 e. The van der Waals surface area contributed by atoms with Crippen molar-refractivity contribution >= 4 is 33.6 Å². The molecule has 0 bridgehead atoms. The Balaban J connectivity index is 1.71. The Bertz CT molecular complexity index is 787. The maximum atomic E-state index is 11.8. The zero-order chi connectivity index (χ0) is 14.7. The molecule has 2 aromatic carbocycles. The molecular weight excluding hydrogens is 282 g/mol. The molecule has 0 atom stereocenters. The summed E-state index contributed by atoms with van der Waals surface area (Å²) in [6.07, 6.45) is 3.09. The van der Waals surface area contributed by atoms with Gasteiger partial charge >= 0.3 is 5.97 Å². The molecule has 1 aromatic heterocycles. The molecule has 104 valence electrons. The predicted octanol–water partition coefficient (Wildman–Crippen LogP) is 4.22. The first-order valence-electron chi connectivity index (χ1n) is 6.53. The van der Waals surface area contributed by atoms with Crippen molar-refractivity contribution in [2.45, 2.75) is 6.92 Å². The van der Waals surface area contributed by atoms with Crippen molar-refractivity contribution in [1.82, 2.24) is 4.98 Å². The summed E-state index contributed by atoms with van der Waals surface area (Å²) in [7, 11) is 0. The van der Waals surface area contributed by atoms with Gasteiger partial charge in [-0.1, -0.05) is 24.3 Å². The minimum absolute atomic E-state index is 0.403. The van der Waals surface area contributed by atoms with Crippen LogP contribution in [0.15, 0.2) is 54.6 Å². The van der Waals surface area contributed by atoms with Gasteiger partial charge in [0.1, 0.15) is 10.8 Å². The van der Waals surface area contributed by atoms with Crippen molar-refractivity contribution in [3.05, 3.63) is 65.2 Å². The lowest BCUT2D eigenvalue weighted by Crippen LogP contribution is -2.03. The predicted molar refractivity (Wildman–Crippen MR) is 85.5 cm³/mol. The number of aryl methyl sites for hydroxylation is 1. The first-order chi connectivity index (χ1) is 10.2. The van der Waals surface area contributed by atoms with Gasteiger partial charge in [-0.25, -0.2) is 9.78 Å². The van der Waals surface area contributed by atoms with E-state index in [0.29, 0.717) is 5.75 Å². The molecule has 4 heteroatoms. The molecular formula is C17H13NO2S. The van der Waals surface area contributed by atoms with E-state index in [1.54, 1.807) is 23.5 Å². The quantitative estimate of drug-likeness (QED) is 0.412. The molecule has 0 aliphatic carbocycles. The van der Waals surface area contributed by atoms with Crippen LogP contribution in [0.4, 0.5) is 0 Å². The molecule has 3 rings (SSSR count). The van der Waals surface area contributed by atoms with Crippen molar-refractivity contribution < 1.29 is 9.53 Å². The van der Waals surface area contributed by atoms with E-state index < -0.39 is 5.97 Å². The van der Waals surface area contributed by atoms with Gasteiger partial charge in [0.15, 0.2) is 0 Å². The van der Waals surface area contributed by atoms with Gasteiger partial charge in [-0.15, -0.1) is 11.3 Å². The number of carbonyl (C=O) groups is 1. The van der Waals surface area contributed by atoms with Gasteiger partial charge in [-0.2, -0.15) is 0 Å². The summed E-state index contributed by atoms with van der Waals surface area (Å²) in [5, 5.41) is 0.789. The highest BCUT2D eigenvalue weighted by Crippen LogP contribution is 2.22. The van der Waals surface area contributed by atoms with E-state index in [2.05, 4.69) is 4.98 Å². The van der Waals surface area contributed by atoms with Crippen LogP contribution in [0.3, 0.4) is 0 Å². The second kappa shape index (κ2) is 5.89. The molecule has 0 aliphatic heterocycles. The molecule has 0 N–H and O–H groups in total. The SMILES string of the molecule is Cc1cccc(OC(=O)/C=C/c2nc3ccccc3s2)c1. The van der Waals surface area contributed by atoms with Gasteiger partial charge in [0, 0.05) is 6.08 Å². The molecule has 0 saturated heterocycles. The summed E-state index contributed by atoms with van der Waals surface area (Å²) in [4.78, 5) is 16.2. The third kappa shape index (κ3) is 3.35. The van der Waals surface area contributed by atoms with E-state index in [4.69, 9.17) is 4.74 Å². The number of rotatable bonds is 3. The maximum absolute atomic E-state index is 11.8. The number of para-hydroxylation sites is 1. The topological polar surface area (TPSA) is 39.2 Å². The zero-order valence-electron chi connectivity index (χ0n) is 11.4. The van der Waals surface area contributed by atoms with Crippen LogP contribution in [0.25, 0.3) is 16.3 Å². The summed E-state index contributed by atoms with van der Waals surface area (Å²) in [5.74, 6) is 0.147. The van der Waals surface area contributed by atoms with Crippen LogP contribution in [0.5, 0.6) is 5.75 Å². The van der Waals surface area contributed by atoms with Crippen molar-refractivity contribution in [3.8, 4) is 5.75 Å². The number of fused-ring (bicyclic) bond motifs is 1. The van der Waals surface area contributed by atoms with Crippen LogP contribution >= 0.6 is 11.3 Å². The normalized spacial score (nSPS) is 11.1. The fraction of sp³-hybridized carbons (Fsp3) is 0.0588. The first kappa shape index (κ1) is 13.5. The fourth-order valence-corrected chi connectivity index (χ4v) is 2.80. The van der Waals surface area contributed by atoms with E-state index in [1.165, 1.54) is 6.08 Å². The number of thiazole rings is 1. The van der Waals surface area contributed by atoms with E-state index in [-0.39, 0.29) is 0 Å². The van der Waals surface area contributed by atoms with E-state index in [1.807, 2.05) is 49.4 Å². The van der Waals surface area contributed by atoms with Gasteiger partial charge in [-0.3, -0.25) is 0 Å². The average Bonchev–Trinajstić information content (AvgIpc) is 2.88. The van der Waals surface area contributed by atoms with E-state index >= 15 is 0 Å². The average molecular weight is 295 g/mol. The lowest BCUT2D eigenvalue weighted by molar-refractivity contribution is -0.128. The van der Waals surface area contributed by atoms with Crippen molar-refractivity contribution in [2.24, 2.45) is 0 Å². The molecule has 21 heavy (non-hydrogen) atoms. The Morgan fingerprint density at radius 2 is 2.05 bits per heavy atom. The van der Waals surface area contributed by atoms with Crippen molar-refractivity contribution in [3.63, 3.8) is 0 Å². The second-order valence-corrected chi connectivity index (χ2v) is 5.65. The van der Waals surface area contributed by atoms with E-state index in [9.17, 15) is 4.79 Å². The molecule has 0 aliphatic rings. The Labute approximate surface area is 126 Å². The minimum atomic E-state index is -0.403. The molecule has 0 amide bonds. The number of ether oxygens (including phenoxy) is 1. The lowest BCUT2D eigenvalue weighted by Gasteiger charge is -2.01. The number of carbonyl (C=O) groups excluding carboxylic acids is 1. The molecule has 3 aromatic rings. The summed E-state index contributed by atoms with van der Waals surface area (Å²) >= 11 is 1.54. The maximum Gasteiger partial charge on any atom is 0.336 e. The Morgan fingerprint density at radius 3 is 2.86 bits per heavy atom. The molecule has 3 nitrogen and oxygen atoms in total. The fourth-order valence-electron chi connectivity index (χ4n) is 1.93. The standard InChI is InChI=1S/C17H13NO2S/c1-12-5-4-6-13(11-12)20-17(19)10-9-16-18-14-7-2-3-8-15(14)21-16/h2-11H,1H3/b10-9+. The van der Waals surface area contributed by atoms with Gasteiger partial charge in [0.2, 0.25) is 0 Å². The van der Waals surface area contributed by atoms with Crippen LogP contribution < -0.4 is 4.74 Å². The number of hydrogen-bond donors (Lipinski definition) is 0. The Kier molecular flexibility index (Phi) is 3.79. The lowest BCUT2D eigenvalue weighted by atomic mass is 10.2. The van der Waals surface area contributed by atoms with Crippen molar-refractivity contribution in [1.29, 1.82) is 0 Å². The van der Waals surface area contributed by atoms with Gasteiger partial charge in [-0.05, 0) is 42.8 Å². The monoisotopic (exact) mass is 295 g/mol. The molecule has 0 spiro atoms. The van der Waals surface area contributed by atoms with Crippen LogP contribution in [-0.4, -0.2) is 11.0 Å². The van der Waals surface area contributed by atoms with E-state index in [0.717, 1.165) is 20.8 Å². The number of aromatic nitrogens is 1. The third-order valence-corrected chi connectivity index (χ3v) is 3.88. The molecule has 1 heterocycles. The summed E-state index contributed by atoms with van der Waals surface area (Å²) in [5.41, 5.74) is 1.99. The van der Waals surface area contributed by atoms with Crippen molar-refractivity contribution in [2.75, 3.05) is 0 Å². The smallest absolute Gasteiger partial charge is 0.336 e. The molecule has 0 fully saturated rings. The third-order valence-electron chi connectivity index (χ3n) is 2.88. The van der Waals surface area contributed by atoms with Crippen LogP contribution in [0.1, 0.15) is 10.6 Å². The Morgan fingerprint density at radius 1 is 1.19 bits per heavy atom. The second-order valence-electron chi connectivity index (χ2n) is 4.59. The number of benzene rings is 2. The van der Waals surface area contributed by atoms with Gasteiger partial charge in [0.05, 0.1) is 10.2 Å². The summed E-state index contributed by atoms with van der Waals surface area (Å²) in [6.45, 7) is 1.95. The molecule has 0 unspecified atom stereocenters. The number of hydrogen-bond acceptors (Lipinski definition) is 4. The highest BCUT2D eigenvalue weighted by atomic mass is 32.1. The van der Waals surface area contributed by atoms with Crippen LogP contribution in [0, 0.1) is 6.92 Å². The van der Waals surface area contributed by atoms with Crippen LogP contribution in [-0.2, 0) is 4.79 Å². The van der Waals surface area contributed by atoms with Gasteiger partial charge < -0.3 is 4.74 Å². The highest BCUT2D eigenvalue weighted by Gasteiger charge is 2.03. The van der Waals surface area contributed by atoms with Crippen LogP contribution in [0.2, 0.25) is 0 Å². The number of esters is 1. The Hall–Kier alpha value is -2.46. The van der Waals surface area contributed by atoms with Gasteiger partial charge in [0.25, 0.3) is 0 Å². The molecule has 0 radical (unpaired) electrons. The molecule has 0 saturated carbocycles. The minimum Gasteiger partial charge on any atom is -0.423 e. The number of nitrogens with zero attached hydrogens (tertiary/aromatic N) is 1.